The van der Waals surface area contributed by atoms with Crippen LogP contribution in [0.4, 0.5) is 0 Å². The van der Waals surface area contributed by atoms with Crippen molar-refractivity contribution < 1.29 is 32.9 Å². The Morgan fingerprint density at radius 2 is 1.41 bits per heavy atom. The fourth-order valence-electron chi connectivity index (χ4n) is 8.90. The van der Waals surface area contributed by atoms with Crippen LogP contribution in [0.1, 0.15) is 79.4 Å². The molecule has 1 aliphatic heterocycles. The number of carbonyl (C=O) groups excluding carboxylic acids is 1. The maximum absolute atomic E-state index is 15.3. The third kappa shape index (κ3) is 9.26. The first-order valence-electron chi connectivity index (χ1n) is 19.5. The lowest BCUT2D eigenvalue weighted by Crippen LogP contribution is -2.73. The second-order valence-electron chi connectivity index (χ2n) is 16.1. The largest absolute Gasteiger partial charge is 0.497 e. The molecule has 1 saturated carbocycles. The molecule has 7 nitrogen and oxygen atoms in total. The molecule has 294 valence electrons. The van der Waals surface area contributed by atoms with Gasteiger partial charge in [-0.15, -0.1) is 18.3 Å². The van der Waals surface area contributed by atoms with Gasteiger partial charge in [0.25, 0.3) is 0 Å². The molecule has 0 N–H and O–H groups in total. The van der Waals surface area contributed by atoms with Gasteiger partial charge in [-0.1, -0.05) is 108 Å². The number of hydrogen-bond donors (Lipinski definition) is 0. The summed E-state index contributed by atoms with van der Waals surface area (Å²) in [6.07, 6.45) is 0.160. The van der Waals surface area contributed by atoms with Crippen LogP contribution in [0.2, 0.25) is 16.6 Å². The van der Waals surface area contributed by atoms with Crippen molar-refractivity contribution in [3.05, 3.63) is 109 Å². The van der Waals surface area contributed by atoms with Gasteiger partial charge in [0.2, 0.25) is 8.32 Å². The third-order valence-corrected chi connectivity index (χ3v) is 18.6. The fraction of sp³-hybridized carbons (Fsp3) is 0.533. The average Bonchev–Trinajstić information content (AvgIpc) is 3.48. The number of allylic oxidation sites excluding steroid dienone is 1. The summed E-state index contributed by atoms with van der Waals surface area (Å²) in [4.78, 5) is 16.3. The van der Waals surface area contributed by atoms with Gasteiger partial charge in [0.05, 0.1) is 32.3 Å². The van der Waals surface area contributed by atoms with Crippen molar-refractivity contribution in [2.24, 2.45) is 5.92 Å². The highest BCUT2D eigenvalue weighted by molar-refractivity contribution is 7.99. The minimum atomic E-state index is -2.60. The van der Waals surface area contributed by atoms with Gasteiger partial charge >= 0.3 is 0 Å². The van der Waals surface area contributed by atoms with E-state index in [4.69, 9.17) is 28.1 Å². The predicted molar refractivity (Wildman–Crippen MR) is 220 cm³/mol. The number of Topliss-reactive ketones (excluding diaryl/α,β-unsaturated/α-hetero) is 1. The first kappa shape index (κ1) is 42.4. The summed E-state index contributed by atoms with van der Waals surface area (Å²) in [6, 6.07) is 28.3. The van der Waals surface area contributed by atoms with Gasteiger partial charge in [0.15, 0.2) is 5.79 Å². The maximum atomic E-state index is 15.3. The van der Waals surface area contributed by atoms with E-state index >= 15 is 4.79 Å². The molecule has 1 saturated heterocycles. The molecule has 3 aromatic rings. The van der Waals surface area contributed by atoms with E-state index in [0.717, 1.165) is 21.8 Å². The van der Waals surface area contributed by atoms with Crippen LogP contribution >= 0.6 is 11.8 Å². The third-order valence-electron chi connectivity index (χ3n) is 11.3. The minimum Gasteiger partial charge on any atom is -0.497 e. The Morgan fingerprint density at radius 3 is 1.98 bits per heavy atom. The molecule has 54 heavy (non-hydrogen) atoms. The minimum absolute atomic E-state index is 0.0607. The number of rotatable bonds is 19. The molecule has 0 radical (unpaired) electrons. The summed E-state index contributed by atoms with van der Waals surface area (Å²) in [5.41, 5.74) is 1.61. The Labute approximate surface area is 329 Å². The van der Waals surface area contributed by atoms with Gasteiger partial charge in [-0.25, -0.2) is 0 Å². The van der Waals surface area contributed by atoms with Gasteiger partial charge in [-0.3, -0.25) is 4.79 Å². The van der Waals surface area contributed by atoms with Crippen LogP contribution in [0.25, 0.3) is 0 Å². The van der Waals surface area contributed by atoms with Crippen LogP contribution in [0.3, 0.4) is 0 Å². The topological polar surface area (TPSA) is 72.5 Å². The number of ether oxygens (including phenoxy) is 5. The fourth-order valence-corrected chi connectivity index (χ4v) is 15.6. The van der Waals surface area contributed by atoms with Crippen LogP contribution in [0.5, 0.6) is 5.75 Å². The molecule has 3 aromatic carbocycles. The number of carbonyl (C=O) groups is 1. The highest BCUT2D eigenvalue weighted by Gasteiger charge is 2.69. The van der Waals surface area contributed by atoms with E-state index in [1.807, 2.05) is 80.6 Å². The van der Waals surface area contributed by atoms with Crippen LogP contribution in [0.15, 0.2) is 102 Å². The zero-order chi connectivity index (χ0) is 39.1. The normalized spacial score (nSPS) is 25.2. The smallest absolute Gasteiger partial charge is 0.200 e. The number of methoxy groups -OCH3 is 1. The van der Waals surface area contributed by atoms with Crippen LogP contribution in [0, 0.1) is 5.92 Å². The highest BCUT2D eigenvalue weighted by Crippen LogP contribution is 2.54. The average molecular weight is 775 g/mol. The number of hydrogen-bond acceptors (Lipinski definition) is 8. The van der Waals surface area contributed by atoms with Crippen LogP contribution in [-0.4, -0.2) is 62.8 Å². The lowest BCUT2D eigenvalue weighted by molar-refractivity contribution is -0.248. The molecule has 1 heterocycles. The molecular formula is C45H62O7SSi. The Kier molecular flexibility index (Phi) is 14.5. The summed E-state index contributed by atoms with van der Waals surface area (Å²) in [6.45, 7) is 22.1. The molecule has 0 spiro atoms. The van der Waals surface area contributed by atoms with E-state index < -0.39 is 50.0 Å². The van der Waals surface area contributed by atoms with Gasteiger partial charge < -0.3 is 28.1 Å². The Morgan fingerprint density at radius 1 is 0.833 bits per heavy atom. The number of benzene rings is 3. The molecule has 9 heteroatoms. The van der Waals surface area contributed by atoms with Crippen molar-refractivity contribution >= 4 is 25.9 Å². The lowest BCUT2D eigenvalue weighted by atomic mass is 9.67. The van der Waals surface area contributed by atoms with Gasteiger partial charge in [-0.05, 0) is 72.3 Å². The highest BCUT2D eigenvalue weighted by atomic mass is 32.2. The molecule has 0 unspecified atom stereocenters. The summed E-state index contributed by atoms with van der Waals surface area (Å²) in [5, 5.41) is 0. The van der Waals surface area contributed by atoms with Crippen molar-refractivity contribution in [3.63, 3.8) is 0 Å². The standard InChI is InChI=1S/C45H62O7SSi/c1-11-12-23-38(46)39-40(52-54(31(2)3,32(4)5)33(6)7)41-42(51-44(8,9)50-41)43(48-28-35-24-26-36(47-10)27-25-35)45(39,30-53-37-21-17-14-18-22-37)49-29-34-19-15-13-16-20-34/h11,13-22,24-27,31-33,39-43H,1,12,23,28-30H2,2-10H3/t39-,40+,41-,42-,43-,45+/m0/s1. The first-order valence-corrected chi connectivity index (χ1v) is 22.7. The lowest BCUT2D eigenvalue weighted by Gasteiger charge is -2.57. The van der Waals surface area contributed by atoms with E-state index in [9.17, 15) is 0 Å². The number of fused-ring (bicyclic) bond motifs is 1. The van der Waals surface area contributed by atoms with Gasteiger partial charge in [0.1, 0.15) is 35.4 Å². The monoisotopic (exact) mass is 774 g/mol. The number of thioether (sulfide) groups is 1. The SMILES string of the molecule is C=CCCC(=O)[C@H]1[C@@H](O[Si](C(C)C)(C(C)C)C(C)C)[C@@H]2OC(C)(C)O[C@@H]2[C@H](OCc2ccc(OC)cc2)[C@]1(CSc1ccccc1)OCc1ccccc1. The van der Waals surface area contributed by atoms with E-state index in [1.165, 1.54) is 0 Å². The Bertz CT molecular complexity index is 1560. The first-order chi connectivity index (χ1) is 25.8. The van der Waals surface area contributed by atoms with Crippen LogP contribution in [-0.2, 0) is 41.4 Å². The zero-order valence-corrected chi connectivity index (χ0v) is 35.6. The van der Waals surface area contributed by atoms with Crippen molar-refractivity contribution in [1.29, 1.82) is 0 Å². The van der Waals surface area contributed by atoms with Crippen molar-refractivity contribution in [3.8, 4) is 5.75 Å². The zero-order valence-electron chi connectivity index (χ0n) is 33.8. The molecule has 1 aliphatic carbocycles. The molecule has 0 bridgehead atoms. The predicted octanol–water partition coefficient (Wildman–Crippen LogP) is 10.6. The van der Waals surface area contributed by atoms with Crippen molar-refractivity contribution in [2.75, 3.05) is 12.9 Å². The second-order valence-corrected chi connectivity index (χ2v) is 22.6. The molecule has 0 aromatic heterocycles. The second kappa shape index (κ2) is 18.5. The van der Waals surface area contributed by atoms with Crippen molar-refractivity contribution in [1.82, 2.24) is 0 Å². The van der Waals surface area contributed by atoms with Gasteiger partial charge in [0, 0.05) is 17.1 Å². The Hall–Kier alpha value is -2.76. The summed E-state index contributed by atoms with van der Waals surface area (Å²) >= 11 is 1.67. The van der Waals surface area contributed by atoms with Crippen LogP contribution < -0.4 is 4.74 Å². The molecule has 0 amide bonds. The van der Waals surface area contributed by atoms with Crippen molar-refractivity contribution in [2.45, 2.75) is 139 Å². The van der Waals surface area contributed by atoms with E-state index in [1.54, 1.807) is 18.9 Å². The van der Waals surface area contributed by atoms with E-state index in [-0.39, 0.29) is 35.6 Å². The van der Waals surface area contributed by atoms with E-state index in [2.05, 4.69) is 72.4 Å². The molecule has 5 rings (SSSR count). The van der Waals surface area contributed by atoms with Gasteiger partial charge in [-0.2, -0.15) is 0 Å². The quantitative estimate of drug-likeness (QED) is 0.0677. The summed E-state index contributed by atoms with van der Waals surface area (Å²) in [7, 11) is -0.942. The number of ketones is 1. The summed E-state index contributed by atoms with van der Waals surface area (Å²) in [5.74, 6) is -0.432. The summed E-state index contributed by atoms with van der Waals surface area (Å²) < 4.78 is 41.7. The molecular weight excluding hydrogens is 713 g/mol. The molecule has 2 aliphatic rings. The van der Waals surface area contributed by atoms with E-state index in [0.29, 0.717) is 18.6 Å². The maximum Gasteiger partial charge on any atom is 0.200 e. The Balaban J connectivity index is 1.75. The molecule has 2 fully saturated rings. The molecule has 6 atom stereocenters.